The number of rotatable bonds is 6. The number of hydrogen-bond donors (Lipinski definition) is 1. The minimum Gasteiger partial charge on any atom is -0.354 e. The van der Waals surface area contributed by atoms with Crippen molar-refractivity contribution in [1.29, 1.82) is 0 Å². The van der Waals surface area contributed by atoms with Gasteiger partial charge in [0.15, 0.2) is 0 Å². The second kappa shape index (κ2) is 14.9. The number of aromatic nitrogens is 3. The Kier molecular flexibility index (Phi) is 9.83. The van der Waals surface area contributed by atoms with E-state index in [1.165, 1.54) is 96.2 Å². The van der Waals surface area contributed by atoms with Crippen molar-refractivity contribution in [3.05, 3.63) is 140 Å². The van der Waals surface area contributed by atoms with Crippen molar-refractivity contribution in [3.63, 3.8) is 0 Å². The number of benzene rings is 4. The summed E-state index contributed by atoms with van der Waals surface area (Å²) in [5.41, 5.74) is 10.9. The minimum atomic E-state index is -0.0874. The molecule has 0 amide bonds. The van der Waals surface area contributed by atoms with Gasteiger partial charge in [0.1, 0.15) is 5.82 Å². The summed E-state index contributed by atoms with van der Waals surface area (Å²) in [5, 5.41) is 4.73. The smallest absolute Gasteiger partial charge is 0.258 e. The van der Waals surface area contributed by atoms with Gasteiger partial charge in [-0.05, 0) is 139 Å². The predicted octanol–water partition coefficient (Wildman–Crippen LogP) is 9.58. The number of allylic oxidation sites excluding steroid dienone is 4. The van der Waals surface area contributed by atoms with E-state index in [4.69, 9.17) is 4.98 Å². The van der Waals surface area contributed by atoms with Crippen molar-refractivity contribution in [2.24, 2.45) is 0 Å². The Labute approximate surface area is 308 Å². The molecule has 1 aliphatic heterocycles. The van der Waals surface area contributed by atoms with Gasteiger partial charge in [-0.1, -0.05) is 70.1 Å². The number of anilines is 1. The number of fused-ring (bicyclic) bond motifs is 6. The molecule has 1 N–H and O–H groups in total. The van der Waals surface area contributed by atoms with Crippen LogP contribution in [0.15, 0.2) is 112 Å². The Morgan fingerprint density at radius 2 is 1.69 bits per heavy atom. The molecule has 1 saturated heterocycles. The molecule has 258 valence electrons. The summed E-state index contributed by atoms with van der Waals surface area (Å²) in [6.45, 7) is 7.86. The average molecular weight is 739 g/mol. The molecule has 6 aromatic rings. The molecule has 2 aliphatic carbocycles. The van der Waals surface area contributed by atoms with Gasteiger partial charge in [-0.15, -0.1) is 0 Å². The van der Waals surface area contributed by atoms with Crippen LogP contribution in [0, 0.1) is 6.92 Å². The molecular formula is C44H44BrN5O. The average Bonchev–Trinajstić information content (AvgIpc) is 3.17. The highest BCUT2D eigenvalue weighted by atomic mass is 79.9. The topological polar surface area (TPSA) is 65.1 Å². The number of nitrogens with one attached hydrogen (secondary N) is 1. The van der Waals surface area contributed by atoms with Crippen LogP contribution >= 0.6 is 15.9 Å². The molecular weight excluding hydrogens is 694 g/mol. The normalized spacial score (nSPS) is 15.9. The highest BCUT2D eigenvalue weighted by molar-refractivity contribution is 9.10. The lowest BCUT2D eigenvalue weighted by molar-refractivity contribution is 0.252. The number of hydrogen-bond acceptors (Lipinski definition) is 5. The number of unbranched alkanes of at least 4 members (excludes halogenated alkanes) is 1. The first kappa shape index (κ1) is 33.5. The molecule has 0 atom stereocenters. The number of para-hydroxylation sites is 1. The quantitative estimate of drug-likeness (QED) is 0.173. The van der Waals surface area contributed by atoms with Gasteiger partial charge in [0.05, 0.1) is 22.7 Å². The zero-order valence-electron chi connectivity index (χ0n) is 29.3. The fourth-order valence-electron chi connectivity index (χ4n) is 8.04. The third-order valence-corrected chi connectivity index (χ3v) is 11.4. The molecule has 3 heterocycles. The van der Waals surface area contributed by atoms with E-state index in [1.54, 1.807) is 17.2 Å². The van der Waals surface area contributed by atoms with Crippen LogP contribution in [0.1, 0.15) is 54.4 Å². The number of piperazine rings is 1. The van der Waals surface area contributed by atoms with Crippen LogP contribution in [0.3, 0.4) is 0 Å². The van der Waals surface area contributed by atoms with Gasteiger partial charge >= 0.3 is 0 Å². The fourth-order valence-corrected chi connectivity index (χ4v) is 8.42. The number of aryl methyl sites for hydroxylation is 3. The molecule has 51 heavy (non-hydrogen) atoms. The third kappa shape index (κ3) is 7.28. The summed E-state index contributed by atoms with van der Waals surface area (Å²) in [6.07, 6.45) is 14.7. The molecule has 9 rings (SSSR count). The maximum absolute atomic E-state index is 11.1. The lowest BCUT2D eigenvalue weighted by atomic mass is 9.79. The Balaban J connectivity index is 0.000000289. The van der Waals surface area contributed by atoms with E-state index in [-0.39, 0.29) is 5.56 Å². The van der Waals surface area contributed by atoms with Crippen LogP contribution in [0.4, 0.5) is 5.82 Å². The maximum Gasteiger partial charge on any atom is 0.258 e. The Bertz CT molecular complexity index is 2350. The summed E-state index contributed by atoms with van der Waals surface area (Å²) in [4.78, 5) is 27.6. The lowest BCUT2D eigenvalue weighted by Crippen LogP contribution is -2.46. The molecule has 0 saturated carbocycles. The van der Waals surface area contributed by atoms with E-state index in [0.717, 1.165) is 47.5 Å². The monoisotopic (exact) mass is 737 g/mol. The predicted molar refractivity (Wildman–Crippen MR) is 216 cm³/mol. The van der Waals surface area contributed by atoms with Gasteiger partial charge < -0.3 is 9.88 Å². The molecule has 1 fully saturated rings. The summed E-state index contributed by atoms with van der Waals surface area (Å²) < 4.78 is 1.10. The van der Waals surface area contributed by atoms with Crippen molar-refractivity contribution >= 4 is 59.9 Å². The number of pyridine rings is 1. The Morgan fingerprint density at radius 3 is 2.57 bits per heavy atom. The SMILES string of the molecule is Cc1cc2c3c(ccc2cc1CCCCN1CCN(c2ccc4cc(Br)ccc4n2)CC1)C1=C(CCC=C1)CC3.O=c1[nH]cnc2ccccc12. The van der Waals surface area contributed by atoms with Crippen molar-refractivity contribution in [2.75, 3.05) is 37.6 Å². The van der Waals surface area contributed by atoms with Gasteiger partial charge in [0, 0.05) is 36.0 Å². The molecule has 4 aromatic carbocycles. The van der Waals surface area contributed by atoms with Crippen LogP contribution in [0.5, 0.6) is 0 Å². The Hall–Kier alpha value is -4.59. The standard InChI is InChI=1S/C36H38BrN3.C8H6N2O/c1-25-22-34-28(10-14-32-31-8-3-2-6-26(31)9-13-33(32)34)23-27(25)7-4-5-17-39-18-20-40(21-19-39)36-16-11-29-24-30(37)12-15-35(29)38-36;11-8-6-3-1-2-4-7(6)9-5-10-8/h3,8,10-12,14-16,22-24H,2,4-7,9,13,17-21H2,1H3;1-5H,(H,9,10,11). The fraction of sp³-hybridized carbons (Fsp3) is 0.295. The van der Waals surface area contributed by atoms with Crippen molar-refractivity contribution in [3.8, 4) is 0 Å². The van der Waals surface area contributed by atoms with Crippen LogP contribution in [0.25, 0.3) is 38.2 Å². The highest BCUT2D eigenvalue weighted by Gasteiger charge is 2.21. The van der Waals surface area contributed by atoms with Crippen LogP contribution in [0.2, 0.25) is 0 Å². The van der Waals surface area contributed by atoms with Crippen LogP contribution in [-0.2, 0) is 12.8 Å². The van der Waals surface area contributed by atoms with E-state index in [1.807, 2.05) is 18.2 Å². The van der Waals surface area contributed by atoms with Crippen molar-refractivity contribution < 1.29 is 0 Å². The Morgan fingerprint density at radius 1 is 0.824 bits per heavy atom. The molecule has 7 heteroatoms. The van der Waals surface area contributed by atoms with Gasteiger partial charge in [-0.25, -0.2) is 9.97 Å². The number of halogens is 1. The van der Waals surface area contributed by atoms with E-state index in [2.05, 4.69) is 109 Å². The molecule has 0 radical (unpaired) electrons. The third-order valence-electron chi connectivity index (χ3n) is 10.9. The second-order valence-electron chi connectivity index (χ2n) is 14.1. The first-order chi connectivity index (χ1) is 25.0. The summed E-state index contributed by atoms with van der Waals surface area (Å²) in [6, 6.07) is 27.7. The molecule has 2 aromatic heterocycles. The van der Waals surface area contributed by atoms with E-state index < -0.39 is 0 Å². The molecule has 0 unspecified atom stereocenters. The van der Waals surface area contributed by atoms with Gasteiger partial charge in [0.25, 0.3) is 5.56 Å². The summed E-state index contributed by atoms with van der Waals surface area (Å²) in [5.74, 6) is 1.11. The number of H-pyrrole nitrogens is 1. The zero-order chi connectivity index (χ0) is 34.7. The minimum absolute atomic E-state index is 0.0874. The number of aromatic amines is 1. The van der Waals surface area contributed by atoms with Gasteiger partial charge in [0.2, 0.25) is 0 Å². The van der Waals surface area contributed by atoms with E-state index >= 15 is 0 Å². The zero-order valence-corrected chi connectivity index (χ0v) is 30.9. The molecule has 6 nitrogen and oxygen atoms in total. The van der Waals surface area contributed by atoms with Crippen molar-refractivity contribution in [2.45, 2.75) is 51.9 Å². The molecule has 0 bridgehead atoms. The summed E-state index contributed by atoms with van der Waals surface area (Å²) in [7, 11) is 0. The van der Waals surface area contributed by atoms with E-state index in [9.17, 15) is 4.79 Å². The molecule has 0 spiro atoms. The number of nitrogens with zero attached hydrogens (tertiary/aromatic N) is 4. The van der Waals surface area contributed by atoms with Gasteiger partial charge in [-0.2, -0.15) is 0 Å². The van der Waals surface area contributed by atoms with E-state index in [0.29, 0.717) is 5.39 Å². The first-order valence-corrected chi connectivity index (χ1v) is 19.2. The first-order valence-electron chi connectivity index (χ1n) is 18.4. The maximum atomic E-state index is 11.1. The lowest BCUT2D eigenvalue weighted by Gasteiger charge is -2.35. The summed E-state index contributed by atoms with van der Waals surface area (Å²) >= 11 is 3.56. The molecule has 3 aliphatic rings. The van der Waals surface area contributed by atoms with Crippen LogP contribution in [-0.4, -0.2) is 52.6 Å². The largest absolute Gasteiger partial charge is 0.354 e. The highest BCUT2D eigenvalue weighted by Crippen LogP contribution is 2.40. The van der Waals surface area contributed by atoms with Crippen molar-refractivity contribution in [1.82, 2.24) is 19.9 Å². The second-order valence-corrected chi connectivity index (χ2v) is 15.0. The van der Waals surface area contributed by atoms with Crippen LogP contribution < -0.4 is 10.5 Å². The van der Waals surface area contributed by atoms with Gasteiger partial charge in [-0.3, -0.25) is 9.69 Å².